The summed E-state index contributed by atoms with van der Waals surface area (Å²) in [4.78, 5) is 38.2. The highest BCUT2D eigenvalue weighted by Gasteiger charge is 2.84. The molecule has 124 valence electrons. The molecule has 1 aromatic carbocycles. The number of hydrogen-bond donors (Lipinski definition) is 1. The number of benzene rings is 1. The van der Waals surface area contributed by atoms with Gasteiger partial charge in [-0.05, 0) is 31.2 Å². The lowest BCUT2D eigenvalue weighted by molar-refractivity contribution is -0.194. The van der Waals surface area contributed by atoms with E-state index in [1.807, 2.05) is 36.4 Å². The maximum absolute atomic E-state index is 13.0. The number of esters is 1. The lowest BCUT2D eigenvalue weighted by Crippen LogP contribution is -2.74. The van der Waals surface area contributed by atoms with Crippen LogP contribution in [0.3, 0.4) is 0 Å². The quantitative estimate of drug-likeness (QED) is 0.397. The first-order valence-corrected chi connectivity index (χ1v) is 8.37. The molecule has 1 N–H and O–H groups in total. The molecule has 4 rings (SSSR count). The number of fused-ring (bicyclic) bond motifs is 4. The first kappa shape index (κ1) is 15.1. The fourth-order valence-electron chi connectivity index (χ4n) is 5.01. The Labute approximate surface area is 140 Å². The topological polar surface area (TPSA) is 72.5 Å². The molecule has 5 heteroatoms. The monoisotopic (exact) mass is 325 g/mol. The third-order valence-electron chi connectivity index (χ3n) is 5.80. The van der Waals surface area contributed by atoms with Crippen LogP contribution in [0.1, 0.15) is 25.3 Å². The van der Waals surface area contributed by atoms with Crippen LogP contribution in [0.2, 0.25) is 0 Å². The number of rotatable bonds is 3. The SMILES string of the molecule is CCOC(=O)[C@@]12C(=O)C(=O)N[C@]1(c1ccccc1)[C@@H]1C=CCC[C@@H]12. The summed E-state index contributed by atoms with van der Waals surface area (Å²) < 4.78 is 5.29. The van der Waals surface area contributed by atoms with Gasteiger partial charge in [0.1, 0.15) is 0 Å². The lowest BCUT2D eigenvalue weighted by atomic mass is 9.39. The van der Waals surface area contributed by atoms with Gasteiger partial charge in [0.25, 0.3) is 5.91 Å². The van der Waals surface area contributed by atoms with E-state index in [-0.39, 0.29) is 18.4 Å². The van der Waals surface area contributed by atoms with Gasteiger partial charge in [0.05, 0.1) is 12.1 Å². The smallest absolute Gasteiger partial charge is 0.323 e. The predicted molar refractivity (Wildman–Crippen MR) is 85.7 cm³/mol. The Balaban J connectivity index is 1.97. The Morgan fingerprint density at radius 3 is 2.75 bits per heavy atom. The van der Waals surface area contributed by atoms with Crippen molar-refractivity contribution in [3.63, 3.8) is 0 Å². The fourth-order valence-corrected chi connectivity index (χ4v) is 5.01. The molecule has 1 aromatic rings. The summed E-state index contributed by atoms with van der Waals surface area (Å²) in [5.41, 5.74) is -1.70. The number of carbonyl (C=O) groups excluding carboxylic acids is 3. The normalized spacial score (nSPS) is 36.4. The molecule has 0 bridgehead atoms. The summed E-state index contributed by atoms with van der Waals surface area (Å²) >= 11 is 0. The predicted octanol–water partition coefficient (Wildman–Crippen LogP) is 1.73. The minimum absolute atomic E-state index is 0.0755. The molecule has 5 nitrogen and oxygen atoms in total. The van der Waals surface area contributed by atoms with E-state index in [0.29, 0.717) is 6.42 Å². The summed E-state index contributed by atoms with van der Waals surface area (Å²) in [6.07, 6.45) is 5.61. The average Bonchev–Trinajstić information content (AvgIpc) is 2.80. The number of carbonyl (C=O) groups is 3. The fraction of sp³-hybridized carbons (Fsp3) is 0.421. The zero-order chi connectivity index (χ0) is 16.9. The highest BCUT2D eigenvalue weighted by Crippen LogP contribution is 2.69. The number of amides is 1. The summed E-state index contributed by atoms with van der Waals surface area (Å²) in [5.74, 6) is -2.19. The molecule has 0 spiro atoms. The van der Waals surface area contributed by atoms with Gasteiger partial charge in [0, 0.05) is 5.92 Å². The van der Waals surface area contributed by atoms with Crippen LogP contribution in [0.25, 0.3) is 0 Å². The molecule has 1 aliphatic heterocycles. The largest absolute Gasteiger partial charge is 0.465 e. The minimum Gasteiger partial charge on any atom is -0.465 e. The molecule has 1 saturated heterocycles. The zero-order valence-electron chi connectivity index (χ0n) is 13.5. The van der Waals surface area contributed by atoms with Crippen molar-refractivity contribution in [1.82, 2.24) is 5.32 Å². The molecule has 2 fully saturated rings. The van der Waals surface area contributed by atoms with Crippen molar-refractivity contribution < 1.29 is 19.1 Å². The van der Waals surface area contributed by atoms with Crippen molar-refractivity contribution in [2.45, 2.75) is 25.3 Å². The Bertz CT molecular complexity index is 756. The molecule has 2 aliphatic carbocycles. The second kappa shape index (κ2) is 5.03. The van der Waals surface area contributed by atoms with E-state index in [2.05, 4.69) is 11.4 Å². The van der Waals surface area contributed by atoms with Crippen molar-refractivity contribution in [3.05, 3.63) is 48.0 Å². The van der Waals surface area contributed by atoms with Gasteiger partial charge in [-0.1, -0.05) is 42.5 Å². The summed E-state index contributed by atoms with van der Waals surface area (Å²) in [6.45, 7) is 1.89. The van der Waals surface area contributed by atoms with Crippen molar-refractivity contribution >= 4 is 17.7 Å². The van der Waals surface area contributed by atoms with Crippen molar-refractivity contribution in [2.24, 2.45) is 17.3 Å². The van der Waals surface area contributed by atoms with E-state index in [1.165, 1.54) is 0 Å². The molecule has 0 unspecified atom stereocenters. The van der Waals surface area contributed by atoms with Gasteiger partial charge < -0.3 is 10.1 Å². The zero-order valence-corrected chi connectivity index (χ0v) is 13.5. The van der Waals surface area contributed by atoms with Crippen LogP contribution in [-0.2, 0) is 24.7 Å². The van der Waals surface area contributed by atoms with Crippen LogP contribution in [0.15, 0.2) is 42.5 Å². The van der Waals surface area contributed by atoms with E-state index < -0.39 is 28.6 Å². The van der Waals surface area contributed by atoms with Crippen LogP contribution in [0.4, 0.5) is 0 Å². The maximum Gasteiger partial charge on any atom is 0.323 e. The van der Waals surface area contributed by atoms with E-state index in [1.54, 1.807) is 6.92 Å². The van der Waals surface area contributed by atoms with Crippen LogP contribution >= 0.6 is 0 Å². The number of Topliss-reactive ketones (excluding diaryl/α,β-unsaturated/α-hetero) is 1. The molecule has 1 amide bonds. The third-order valence-corrected chi connectivity index (χ3v) is 5.80. The third kappa shape index (κ3) is 1.48. The van der Waals surface area contributed by atoms with Crippen LogP contribution in [0.5, 0.6) is 0 Å². The lowest BCUT2D eigenvalue weighted by Gasteiger charge is -2.63. The van der Waals surface area contributed by atoms with Crippen LogP contribution in [-0.4, -0.2) is 24.3 Å². The van der Waals surface area contributed by atoms with Gasteiger partial charge in [0.2, 0.25) is 5.78 Å². The standard InChI is InChI=1S/C19H19NO4/c1-2-24-17(23)18-13-10-6-7-11-14(13)19(18,20-16(22)15(18)21)12-8-4-3-5-9-12/h3-5,7-9,11,13-14H,2,6,10H2,1H3,(H,20,22)/t13-,14+,18+,19+/m0/s1. The Kier molecular flexibility index (Phi) is 3.17. The molecule has 4 atom stereocenters. The van der Waals surface area contributed by atoms with Gasteiger partial charge in [-0.3, -0.25) is 14.4 Å². The Hall–Kier alpha value is -2.43. The second-order valence-electron chi connectivity index (χ2n) is 6.62. The molecule has 1 heterocycles. The van der Waals surface area contributed by atoms with Crippen molar-refractivity contribution in [3.8, 4) is 0 Å². The van der Waals surface area contributed by atoms with Crippen molar-refractivity contribution in [2.75, 3.05) is 6.61 Å². The Morgan fingerprint density at radius 2 is 2.04 bits per heavy atom. The summed E-state index contributed by atoms with van der Waals surface area (Å²) in [6, 6.07) is 9.32. The van der Waals surface area contributed by atoms with Gasteiger partial charge in [-0.25, -0.2) is 0 Å². The Morgan fingerprint density at radius 1 is 1.29 bits per heavy atom. The number of allylic oxidation sites excluding steroid dienone is 1. The molecular formula is C19H19NO4. The number of hydrogen-bond acceptors (Lipinski definition) is 4. The molecule has 0 aromatic heterocycles. The van der Waals surface area contributed by atoms with Gasteiger partial charge in [0.15, 0.2) is 5.41 Å². The highest BCUT2D eigenvalue weighted by molar-refractivity contribution is 6.46. The molecule has 1 saturated carbocycles. The minimum atomic E-state index is -1.45. The second-order valence-corrected chi connectivity index (χ2v) is 6.62. The van der Waals surface area contributed by atoms with Gasteiger partial charge in [-0.2, -0.15) is 0 Å². The summed E-state index contributed by atoms with van der Waals surface area (Å²) in [5, 5.41) is 2.87. The molecule has 3 aliphatic rings. The van der Waals surface area contributed by atoms with E-state index >= 15 is 0 Å². The number of nitrogens with one attached hydrogen (secondary N) is 1. The van der Waals surface area contributed by atoms with Crippen molar-refractivity contribution in [1.29, 1.82) is 0 Å². The maximum atomic E-state index is 13.0. The van der Waals surface area contributed by atoms with E-state index in [0.717, 1.165) is 12.0 Å². The molecule has 0 radical (unpaired) electrons. The van der Waals surface area contributed by atoms with Gasteiger partial charge >= 0.3 is 5.97 Å². The number of ether oxygens (including phenoxy) is 1. The first-order chi connectivity index (χ1) is 11.6. The van der Waals surface area contributed by atoms with E-state index in [4.69, 9.17) is 4.74 Å². The van der Waals surface area contributed by atoms with Gasteiger partial charge in [-0.15, -0.1) is 0 Å². The number of ketones is 1. The highest BCUT2D eigenvalue weighted by atomic mass is 16.5. The molecular weight excluding hydrogens is 306 g/mol. The summed E-state index contributed by atoms with van der Waals surface area (Å²) in [7, 11) is 0. The average molecular weight is 325 g/mol. The first-order valence-electron chi connectivity index (χ1n) is 8.37. The molecule has 24 heavy (non-hydrogen) atoms. The van der Waals surface area contributed by atoms with Crippen LogP contribution < -0.4 is 5.32 Å². The van der Waals surface area contributed by atoms with Crippen LogP contribution in [0, 0.1) is 17.3 Å². The van der Waals surface area contributed by atoms with E-state index in [9.17, 15) is 14.4 Å².